The highest BCUT2D eigenvalue weighted by Gasteiger charge is 2.21. The minimum atomic E-state index is -0.982. The summed E-state index contributed by atoms with van der Waals surface area (Å²) in [6.45, 7) is 3.84. The second kappa shape index (κ2) is 5.75. The van der Waals surface area contributed by atoms with Gasteiger partial charge in [0.15, 0.2) is 8.80 Å². The number of hydrogen-bond acceptors (Lipinski definition) is 2. The van der Waals surface area contributed by atoms with E-state index >= 15 is 0 Å². The third-order valence-electron chi connectivity index (χ3n) is 2.01. The summed E-state index contributed by atoms with van der Waals surface area (Å²) >= 11 is 0. The molecule has 14 heavy (non-hydrogen) atoms. The summed E-state index contributed by atoms with van der Waals surface area (Å²) in [6, 6.07) is 10.2. The van der Waals surface area contributed by atoms with Crippen LogP contribution in [-0.2, 0) is 9.47 Å². The molecule has 0 unspecified atom stereocenters. The summed E-state index contributed by atoms with van der Waals surface area (Å²) in [5.41, 5.74) is 1.94. The van der Waals surface area contributed by atoms with Crippen LogP contribution in [0, 0.1) is 0 Å². The number of hydrogen-bond donors (Lipinski definition) is 0. The maximum absolute atomic E-state index is 5.26. The summed E-state index contributed by atoms with van der Waals surface area (Å²) in [5, 5.41) is 1.25. The summed E-state index contributed by atoms with van der Waals surface area (Å²) in [4.78, 5) is 0. The molecule has 75 valence electrons. The van der Waals surface area contributed by atoms with Gasteiger partial charge in [0.05, 0.1) is 0 Å². The van der Waals surface area contributed by atoms with E-state index in [1.807, 2.05) is 23.9 Å². The Balaban J connectivity index is 2.86. The van der Waals surface area contributed by atoms with Gasteiger partial charge in [-0.3, -0.25) is 0 Å². The molecule has 0 aromatic heterocycles. The first-order valence-electron chi connectivity index (χ1n) is 4.43. The Hall–Kier alpha value is -0.903. The average molecular weight is 207 g/mol. The summed E-state index contributed by atoms with van der Waals surface area (Å²) in [7, 11) is 2.33. The van der Waals surface area contributed by atoms with Crippen molar-refractivity contribution < 1.29 is 9.47 Å². The van der Waals surface area contributed by atoms with Gasteiger partial charge < -0.3 is 9.47 Å². The molecule has 0 saturated carbocycles. The van der Waals surface area contributed by atoms with Gasteiger partial charge in [0.1, 0.15) is 5.91 Å². The summed E-state index contributed by atoms with van der Waals surface area (Å²) in [5.74, 6) is -0.167. The van der Waals surface area contributed by atoms with Gasteiger partial charge in [0.2, 0.25) is 0 Å². The molecule has 0 atom stereocenters. The van der Waals surface area contributed by atoms with E-state index in [9.17, 15) is 0 Å². The quantitative estimate of drug-likeness (QED) is 0.535. The third kappa shape index (κ3) is 2.54. The highest BCUT2D eigenvalue weighted by molar-refractivity contribution is 6.78. The minimum absolute atomic E-state index is 0.167. The van der Waals surface area contributed by atoms with Crippen LogP contribution in [0.4, 0.5) is 0 Å². The van der Waals surface area contributed by atoms with E-state index in [-0.39, 0.29) is 5.91 Å². The lowest BCUT2D eigenvalue weighted by Crippen LogP contribution is -2.42. The lowest BCUT2D eigenvalue weighted by atomic mass is 10.4. The first-order valence-corrected chi connectivity index (χ1v) is 6.09. The number of ether oxygens (including phenoxy) is 2. The molecule has 0 aliphatic heterocycles. The zero-order chi connectivity index (χ0) is 10.4. The average Bonchev–Trinajstić information content (AvgIpc) is 2.27. The molecule has 0 amide bonds. The molecule has 0 saturated heterocycles. The molecule has 0 spiro atoms. The Morgan fingerprint density at radius 2 is 1.79 bits per heavy atom. The van der Waals surface area contributed by atoms with Crippen molar-refractivity contribution in [3.05, 3.63) is 42.6 Å². The second-order valence-electron chi connectivity index (χ2n) is 2.83. The molecule has 1 radical (unpaired) electrons. The van der Waals surface area contributed by atoms with E-state index in [1.165, 1.54) is 5.19 Å². The van der Waals surface area contributed by atoms with E-state index in [0.29, 0.717) is 0 Å². The summed E-state index contributed by atoms with van der Waals surface area (Å²) < 4.78 is 10.5. The van der Waals surface area contributed by atoms with Crippen LogP contribution in [0.2, 0.25) is 0 Å². The second-order valence-corrected chi connectivity index (χ2v) is 5.20. The normalized spacial score (nSPS) is 10.9. The van der Waals surface area contributed by atoms with Crippen molar-refractivity contribution in [3.63, 3.8) is 0 Å². The van der Waals surface area contributed by atoms with Gasteiger partial charge in [0, 0.05) is 14.2 Å². The van der Waals surface area contributed by atoms with Crippen molar-refractivity contribution in [2.45, 2.75) is 5.91 Å². The van der Waals surface area contributed by atoms with Crippen molar-refractivity contribution >= 4 is 14.0 Å². The van der Waals surface area contributed by atoms with E-state index < -0.39 is 8.80 Å². The molecule has 1 rings (SSSR count). The molecule has 0 fully saturated rings. The molecule has 0 aliphatic carbocycles. The highest BCUT2D eigenvalue weighted by atomic mass is 28.3. The number of rotatable bonds is 5. The predicted octanol–water partition coefficient (Wildman–Crippen LogP) is 1.27. The molecular weight excluding hydrogens is 192 g/mol. The molecule has 2 nitrogen and oxygen atoms in total. The zero-order valence-corrected chi connectivity index (χ0v) is 9.57. The van der Waals surface area contributed by atoms with Crippen LogP contribution >= 0.6 is 0 Å². The van der Waals surface area contributed by atoms with Crippen molar-refractivity contribution in [2.75, 3.05) is 14.2 Å². The SMILES string of the molecule is C=C[Si](c1ccccc1)C(OC)OC. The molecule has 3 heteroatoms. The lowest BCUT2D eigenvalue weighted by Gasteiger charge is -2.20. The predicted molar refractivity (Wildman–Crippen MR) is 59.8 cm³/mol. The Morgan fingerprint density at radius 3 is 2.21 bits per heavy atom. The lowest BCUT2D eigenvalue weighted by molar-refractivity contribution is -0.0450. The van der Waals surface area contributed by atoms with Gasteiger partial charge in [-0.1, -0.05) is 41.2 Å². The van der Waals surface area contributed by atoms with Gasteiger partial charge in [0.25, 0.3) is 0 Å². The minimum Gasteiger partial charge on any atom is -0.359 e. The van der Waals surface area contributed by atoms with Gasteiger partial charge in [-0.25, -0.2) is 0 Å². The van der Waals surface area contributed by atoms with E-state index in [1.54, 1.807) is 14.2 Å². The van der Waals surface area contributed by atoms with E-state index in [4.69, 9.17) is 9.47 Å². The molecule has 1 aromatic carbocycles. The van der Waals surface area contributed by atoms with Crippen molar-refractivity contribution in [2.24, 2.45) is 0 Å². The molecule has 1 aromatic rings. The van der Waals surface area contributed by atoms with Crippen LogP contribution in [0.15, 0.2) is 42.6 Å². The fraction of sp³-hybridized carbons (Fsp3) is 0.273. The third-order valence-corrected chi connectivity index (χ3v) is 4.43. The van der Waals surface area contributed by atoms with Crippen molar-refractivity contribution in [1.29, 1.82) is 0 Å². The van der Waals surface area contributed by atoms with Crippen molar-refractivity contribution in [3.8, 4) is 0 Å². The van der Waals surface area contributed by atoms with Crippen LogP contribution in [0.25, 0.3) is 0 Å². The van der Waals surface area contributed by atoms with Gasteiger partial charge in [-0.05, 0) is 0 Å². The Kier molecular flexibility index (Phi) is 4.59. The van der Waals surface area contributed by atoms with E-state index in [0.717, 1.165) is 0 Å². The fourth-order valence-corrected chi connectivity index (χ4v) is 3.12. The molecule has 0 aliphatic rings. The van der Waals surface area contributed by atoms with Gasteiger partial charge in [-0.15, -0.1) is 6.58 Å². The first-order chi connectivity index (χ1) is 6.83. The number of benzene rings is 1. The first kappa shape index (κ1) is 11.2. The zero-order valence-electron chi connectivity index (χ0n) is 8.57. The Morgan fingerprint density at radius 1 is 1.21 bits per heavy atom. The molecule has 0 heterocycles. The molecular formula is C11H15O2Si. The standard InChI is InChI=1S/C11H15O2Si/c1-4-14(11(12-2)13-3)10-8-6-5-7-9-10/h4-9,11H,1H2,2-3H3. The Bertz CT molecular complexity index is 270. The van der Waals surface area contributed by atoms with Crippen LogP contribution < -0.4 is 5.19 Å². The van der Waals surface area contributed by atoms with Crippen LogP contribution in [-0.4, -0.2) is 28.9 Å². The highest BCUT2D eigenvalue weighted by Crippen LogP contribution is 2.00. The van der Waals surface area contributed by atoms with Crippen LogP contribution in [0.1, 0.15) is 0 Å². The summed E-state index contributed by atoms with van der Waals surface area (Å²) in [6.07, 6.45) is 0. The topological polar surface area (TPSA) is 18.5 Å². The van der Waals surface area contributed by atoms with Crippen molar-refractivity contribution in [1.82, 2.24) is 0 Å². The van der Waals surface area contributed by atoms with Gasteiger partial charge >= 0.3 is 0 Å². The maximum atomic E-state index is 5.26. The largest absolute Gasteiger partial charge is 0.359 e. The molecule has 0 bridgehead atoms. The number of methoxy groups -OCH3 is 2. The fourth-order valence-electron chi connectivity index (χ4n) is 1.33. The molecule has 0 N–H and O–H groups in total. The monoisotopic (exact) mass is 207 g/mol. The smallest absolute Gasteiger partial charge is 0.182 e. The maximum Gasteiger partial charge on any atom is 0.182 e. The Labute approximate surface area is 86.8 Å². The van der Waals surface area contributed by atoms with Crippen LogP contribution in [0.5, 0.6) is 0 Å². The van der Waals surface area contributed by atoms with Gasteiger partial charge in [-0.2, -0.15) is 0 Å². The van der Waals surface area contributed by atoms with E-state index in [2.05, 4.69) is 18.7 Å². The van der Waals surface area contributed by atoms with Crippen LogP contribution in [0.3, 0.4) is 0 Å².